The molecule has 0 aliphatic rings. The van der Waals surface area contributed by atoms with Crippen LogP contribution in [0.25, 0.3) is 11.5 Å². The van der Waals surface area contributed by atoms with Gasteiger partial charge < -0.3 is 9.73 Å². The molecule has 2 rings (SSSR count). The van der Waals surface area contributed by atoms with Crippen molar-refractivity contribution in [2.75, 3.05) is 7.05 Å². The Kier molecular flexibility index (Phi) is 3.27. The Morgan fingerprint density at radius 1 is 1.44 bits per heavy atom. The number of halogens is 1. The van der Waals surface area contributed by atoms with Gasteiger partial charge in [-0.25, -0.2) is 4.98 Å². The van der Waals surface area contributed by atoms with Crippen molar-refractivity contribution in [3.05, 3.63) is 40.7 Å². The quantitative estimate of drug-likeness (QED) is 0.890. The maximum Gasteiger partial charge on any atom is 0.226 e. The molecule has 0 amide bonds. The van der Waals surface area contributed by atoms with Crippen LogP contribution in [0.15, 0.2) is 28.9 Å². The fraction of sp³-hybridized carbons (Fsp3) is 0.250. The largest absolute Gasteiger partial charge is 0.444 e. The Bertz CT molecular complexity index is 494. The number of nitrogens with zero attached hydrogens (tertiary/aromatic N) is 1. The summed E-state index contributed by atoms with van der Waals surface area (Å²) in [4.78, 5) is 4.39. The molecule has 84 valence electrons. The van der Waals surface area contributed by atoms with Crippen LogP contribution in [0.3, 0.4) is 0 Å². The summed E-state index contributed by atoms with van der Waals surface area (Å²) < 4.78 is 5.43. The molecule has 16 heavy (non-hydrogen) atoms. The van der Waals surface area contributed by atoms with Crippen molar-refractivity contribution in [2.45, 2.75) is 13.5 Å². The Morgan fingerprint density at radius 3 is 2.94 bits per heavy atom. The molecule has 0 bridgehead atoms. The maximum absolute atomic E-state index is 5.90. The number of nitrogens with one attached hydrogen (secondary N) is 1. The number of hydrogen-bond acceptors (Lipinski definition) is 3. The molecule has 1 aromatic carbocycles. The molecule has 1 N–H and O–H groups in total. The number of oxazole rings is 1. The van der Waals surface area contributed by atoms with E-state index in [1.165, 1.54) is 0 Å². The van der Waals surface area contributed by atoms with Crippen molar-refractivity contribution in [1.29, 1.82) is 0 Å². The van der Waals surface area contributed by atoms with Gasteiger partial charge in [-0.1, -0.05) is 11.6 Å². The SMILES string of the molecule is CNCc1coc(-c2ccc(Cl)cc2C)n1. The van der Waals surface area contributed by atoms with E-state index in [4.69, 9.17) is 16.0 Å². The highest BCUT2D eigenvalue weighted by atomic mass is 35.5. The second-order valence-electron chi connectivity index (χ2n) is 3.63. The smallest absolute Gasteiger partial charge is 0.226 e. The minimum absolute atomic E-state index is 0.638. The first-order chi connectivity index (χ1) is 7.70. The predicted octanol–water partition coefficient (Wildman–Crippen LogP) is 3.02. The van der Waals surface area contributed by atoms with Crippen LogP contribution >= 0.6 is 11.6 Å². The first-order valence-corrected chi connectivity index (χ1v) is 5.44. The molecule has 0 saturated carbocycles. The summed E-state index contributed by atoms with van der Waals surface area (Å²) in [6, 6.07) is 5.66. The molecule has 4 heteroatoms. The van der Waals surface area contributed by atoms with Crippen LogP contribution in [-0.2, 0) is 6.54 Å². The highest BCUT2D eigenvalue weighted by molar-refractivity contribution is 6.30. The molecule has 3 nitrogen and oxygen atoms in total. The zero-order chi connectivity index (χ0) is 11.5. The highest BCUT2D eigenvalue weighted by Crippen LogP contribution is 2.25. The monoisotopic (exact) mass is 236 g/mol. The molecular formula is C12H13ClN2O. The fourth-order valence-electron chi connectivity index (χ4n) is 1.56. The van der Waals surface area contributed by atoms with Gasteiger partial charge in [0.05, 0.1) is 5.69 Å². The van der Waals surface area contributed by atoms with Gasteiger partial charge in [-0.3, -0.25) is 0 Å². The molecule has 0 atom stereocenters. The lowest BCUT2D eigenvalue weighted by atomic mass is 10.1. The van der Waals surface area contributed by atoms with Crippen LogP contribution in [0.2, 0.25) is 5.02 Å². The second kappa shape index (κ2) is 4.68. The molecule has 0 unspecified atom stereocenters. The van der Waals surface area contributed by atoms with E-state index < -0.39 is 0 Å². The predicted molar refractivity (Wildman–Crippen MR) is 64.4 cm³/mol. The van der Waals surface area contributed by atoms with E-state index in [2.05, 4.69) is 10.3 Å². The maximum atomic E-state index is 5.90. The van der Waals surface area contributed by atoms with Gasteiger partial charge in [0.1, 0.15) is 6.26 Å². The molecule has 0 spiro atoms. The molecule has 0 radical (unpaired) electrons. The minimum Gasteiger partial charge on any atom is -0.444 e. The zero-order valence-corrected chi connectivity index (χ0v) is 10.0. The number of rotatable bonds is 3. The van der Waals surface area contributed by atoms with Crippen molar-refractivity contribution in [3.8, 4) is 11.5 Å². The van der Waals surface area contributed by atoms with Crippen molar-refractivity contribution in [2.24, 2.45) is 0 Å². The average molecular weight is 237 g/mol. The summed E-state index contributed by atoms with van der Waals surface area (Å²) in [6.07, 6.45) is 1.67. The highest BCUT2D eigenvalue weighted by Gasteiger charge is 2.09. The summed E-state index contributed by atoms with van der Waals surface area (Å²) in [6.45, 7) is 2.69. The normalized spacial score (nSPS) is 10.7. The summed E-state index contributed by atoms with van der Waals surface area (Å²) >= 11 is 5.90. The van der Waals surface area contributed by atoms with E-state index in [1.54, 1.807) is 6.26 Å². The third-order valence-corrected chi connectivity index (χ3v) is 2.56. The Labute approximate surface area is 99.5 Å². The number of benzene rings is 1. The molecule has 2 aromatic rings. The lowest BCUT2D eigenvalue weighted by Crippen LogP contribution is -2.04. The standard InChI is InChI=1S/C12H13ClN2O/c1-8-5-9(13)3-4-11(8)12-15-10(6-14-2)7-16-12/h3-5,7,14H,6H2,1-2H3. The van der Waals surface area contributed by atoms with Crippen molar-refractivity contribution < 1.29 is 4.42 Å². The molecule has 0 aliphatic heterocycles. The van der Waals surface area contributed by atoms with Crippen LogP contribution in [0.1, 0.15) is 11.3 Å². The van der Waals surface area contributed by atoms with Crippen LogP contribution in [0.5, 0.6) is 0 Å². The van der Waals surface area contributed by atoms with Gasteiger partial charge in [-0.05, 0) is 37.7 Å². The number of aromatic nitrogens is 1. The van der Waals surface area contributed by atoms with Gasteiger partial charge in [-0.2, -0.15) is 0 Å². The van der Waals surface area contributed by atoms with Crippen LogP contribution < -0.4 is 5.32 Å². The summed E-state index contributed by atoms with van der Waals surface area (Å²) in [5.41, 5.74) is 2.93. The Morgan fingerprint density at radius 2 is 2.25 bits per heavy atom. The molecule has 0 saturated heterocycles. The van der Waals surface area contributed by atoms with Gasteiger partial charge in [0.25, 0.3) is 0 Å². The van der Waals surface area contributed by atoms with Crippen LogP contribution in [0, 0.1) is 6.92 Å². The van der Waals surface area contributed by atoms with E-state index in [1.807, 2.05) is 32.2 Å². The van der Waals surface area contributed by atoms with E-state index in [9.17, 15) is 0 Å². The van der Waals surface area contributed by atoms with E-state index in [0.717, 1.165) is 21.8 Å². The van der Waals surface area contributed by atoms with Gasteiger partial charge >= 0.3 is 0 Å². The Hall–Kier alpha value is -1.32. The molecule has 0 fully saturated rings. The van der Waals surface area contributed by atoms with Gasteiger partial charge in [0.15, 0.2) is 0 Å². The topological polar surface area (TPSA) is 38.1 Å². The van der Waals surface area contributed by atoms with E-state index in [0.29, 0.717) is 12.4 Å². The first kappa shape index (κ1) is 11.2. The lowest BCUT2D eigenvalue weighted by molar-refractivity contribution is 0.571. The third kappa shape index (κ3) is 2.26. The van der Waals surface area contributed by atoms with E-state index >= 15 is 0 Å². The second-order valence-corrected chi connectivity index (χ2v) is 4.07. The molecule has 0 aliphatic carbocycles. The van der Waals surface area contributed by atoms with E-state index in [-0.39, 0.29) is 0 Å². The molecular weight excluding hydrogens is 224 g/mol. The number of hydrogen-bond donors (Lipinski definition) is 1. The van der Waals surface area contributed by atoms with Crippen LogP contribution in [0.4, 0.5) is 0 Å². The fourth-order valence-corrected chi connectivity index (χ4v) is 1.79. The van der Waals surface area contributed by atoms with Gasteiger partial charge in [0, 0.05) is 17.1 Å². The lowest BCUT2D eigenvalue weighted by Gasteiger charge is -2.01. The zero-order valence-electron chi connectivity index (χ0n) is 9.25. The minimum atomic E-state index is 0.638. The molecule has 1 aromatic heterocycles. The number of aryl methyl sites for hydroxylation is 1. The average Bonchev–Trinajstić information content (AvgIpc) is 2.67. The summed E-state index contributed by atoms with van der Waals surface area (Å²) in [5.74, 6) is 0.638. The van der Waals surface area contributed by atoms with Crippen molar-refractivity contribution >= 4 is 11.6 Å². The first-order valence-electron chi connectivity index (χ1n) is 5.06. The van der Waals surface area contributed by atoms with Gasteiger partial charge in [0.2, 0.25) is 5.89 Å². The van der Waals surface area contributed by atoms with Gasteiger partial charge in [-0.15, -0.1) is 0 Å². The van der Waals surface area contributed by atoms with Crippen LogP contribution in [-0.4, -0.2) is 12.0 Å². The van der Waals surface area contributed by atoms with Crippen molar-refractivity contribution in [3.63, 3.8) is 0 Å². The van der Waals surface area contributed by atoms with Crippen molar-refractivity contribution in [1.82, 2.24) is 10.3 Å². The Balaban J connectivity index is 2.35. The third-order valence-electron chi connectivity index (χ3n) is 2.33. The molecule has 1 heterocycles. The summed E-state index contributed by atoms with van der Waals surface area (Å²) in [7, 11) is 1.88. The summed E-state index contributed by atoms with van der Waals surface area (Å²) in [5, 5.41) is 3.75.